The maximum Gasteiger partial charge on any atom is 0.0469 e. The second-order valence-electron chi connectivity index (χ2n) is 4.75. The van der Waals surface area contributed by atoms with Crippen LogP contribution in [0, 0.1) is 5.92 Å². The Morgan fingerprint density at radius 1 is 1.14 bits per heavy atom. The van der Waals surface area contributed by atoms with E-state index in [-0.39, 0.29) is 0 Å². The maximum atomic E-state index is 5.98. The van der Waals surface area contributed by atoms with Gasteiger partial charge < -0.3 is 15.8 Å². The Morgan fingerprint density at radius 3 is 2.50 bits per heavy atom. The predicted octanol–water partition coefficient (Wildman–Crippen LogP) is 0.881. The van der Waals surface area contributed by atoms with Crippen LogP contribution in [-0.2, 0) is 4.74 Å². The minimum absolute atomic E-state index is 0.353. The summed E-state index contributed by atoms with van der Waals surface area (Å²) in [6.07, 6.45) is 4.87. The van der Waals surface area contributed by atoms with E-state index in [9.17, 15) is 0 Å². The summed E-state index contributed by atoms with van der Waals surface area (Å²) in [5.41, 5.74) is 5.98. The lowest BCUT2D eigenvalue weighted by molar-refractivity contribution is 0.0460. The molecule has 0 saturated carbocycles. The summed E-state index contributed by atoms with van der Waals surface area (Å²) in [5.74, 6) is 0.818. The van der Waals surface area contributed by atoms with Gasteiger partial charge in [-0.05, 0) is 38.5 Å². The molecule has 82 valence electrons. The molecule has 3 heteroatoms. The van der Waals surface area contributed by atoms with E-state index in [2.05, 4.69) is 12.2 Å². The van der Waals surface area contributed by atoms with Crippen LogP contribution in [0.5, 0.6) is 0 Å². The zero-order valence-electron chi connectivity index (χ0n) is 9.04. The van der Waals surface area contributed by atoms with Crippen molar-refractivity contribution in [2.24, 2.45) is 11.7 Å². The summed E-state index contributed by atoms with van der Waals surface area (Å²) in [5, 5.41) is 3.66. The van der Waals surface area contributed by atoms with E-state index in [1.807, 2.05) is 0 Å². The molecule has 14 heavy (non-hydrogen) atoms. The largest absolute Gasteiger partial charge is 0.381 e. The van der Waals surface area contributed by atoms with Crippen molar-refractivity contribution in [3.05, 3.63) is 0 Å². The van der Waals surface area contributed by atoms with Crippen molar-refractivity contribution in [1.82, 2.24) is 5.32 Å². The van der Waals surface area contributed by atoms with Gasteiger partial charge in [0.15, 0.2) is 0 Å². The Hall–Kier alpha value is -0.120. The highest BCUT2D eigenvalue weighted by Crippen LogP contribution is 2.25. The smallest absolute Gasteiger partial charge is 0.0469 e. The molecule has 2 saturated heterocycles. The van der Waals surface area contributed by atoms with E-state index in [1.54, 1.807) is 0 Å². The average Bonchev–Trinajstić information content (AvgIpc) is 2.23. The molecule has 0 aromatic heterocycles. The first-order valence-corrected chi connectivity index (χ1v) is 5.87. The molecule has 0 aliphatic carbocycles. The number of ether oxygens (including phenoxy) is 1. The molecule has 3 atom stereocenters. The minimum Gasteiger partial charge on any atom is -0.381 e. The van der Waals surface area contributed by atoms with E-state index in [1.165, 1.54) is 25.7 Å². The Bertz CT molecular complexity index is 180. The lowest BCUT2D eigenvalue weighted by Gasteiger charge is -2.39. The van der Waals surface area contributed by atoms with Gasteiger partial charge in [-0.15, -0.1) is 0 Å². The zero-order valence-corrected chi connectivity index (χ0v) is 9.04. The number of hydrogen-bond donors (Lipinski definition) is 2. The number of piperidine rings is 1. The van der Waals surface area contributed by atoms with Gasteiger partial charge in [-0.2, -0.15) is 0 Å². The number of nitrogens with two attached hydrogens (primary N) is 1. The quantitative estimate of drug-likeness (QED) is 0.657. The second-order valence-corrected chi connectivity index (χ2v) is 4.75. The highest BCUT2D eigenvalue weighted by atomic mass is 16.5. The Kier molecular flexibility index (Phi) is 3.42. The molecule has 0 amide bonds. The van der Waals surface area contributed by atoms with E-state index in [0.29, 0.717) is 18.1 Å². The van der Waals surface area contributed by atoms with Crippen molar-refractivity contribution in [1.29, 1.82) is 0 Å². The summed E-state index contributed by atoms with van der Waals surface area (Å²) < 4.78 is 5.39. The van der Waals surface area contributed by atoms with Crippen LogP contribution >= 0.6 is 0 Å². The molecule has 3 nitrogen and oxygen atoms in total. The van der Waals surface area contributed by atoms with Crippen molar-refractivity contribution in [3.63, 3.8) is 0 Å². The number of nitrogens with one attached hydrogen (secondary N) is 1. The molecular weight excluding hydrogens is 176 g/mol. The first kappa shape index (κ1) is 10.4. The van der Waals surface area contributed by atoms with Crippen molar-refractivity contribution < 1.29 is 4.74 Å². The van der Waals surface area contributed by atoms with E-state index in [4.69, 9.17) is 10.5 Å². The monoisotopic (exact) mass is 198 g/mol. The maximum absolute atomic E-state index is 5.98. The minimum atomic E-state index is 0.353. The third-order valence-electron chi connectivity index (χ3n) is 3.77. The van der Waals surface area contributed by atoms with Gasteiger partial charge >= 0.3 is 0 Å². The molecule has 0 radical (unpaired) electrons. The molecule has 2 rings (SSSR count). The summed E-state index contributed by atoms with van der Waals surface area (Å²) in [4.78, 5) is 0. The number of rotatable bonds is 1. The van der Waals surface area contributed by atoms with E-state index >= 15 is 0 Å². The average molecular weight is 198 g/mol. The van der Waals surface area contributed by atoms with Crippen molar-refractivity contribution in [2.45, 2.75) is 50.7 Å². The van der Waals surface area contributed by atoms with Crippen molar-refractivity contribution in [2.75, 3.05) is 13.2 Å². The van der Waals surface area contributed by atoms with Gasteiger partial charge in [0, 0.05) is 31.3 Å². The summed E-state index contributed by atoms with van der Waals surface area (Å²) in [6.45, 7) is 4.10. The molecular formula is C11H22N2O. The molecule has 2 fully saturated rings. The molecule has 2 aliphatic rings. The first-order valence-electron chi connectivity index (χ1n) is 5.87. The normalized spacial score (nSPS) is 41.1. The molecule has 2 aliphatic heterocycles. The van der Waals surface area contributed by atoms with Crippen molar-refractivity contribution >= 4 is 0 Å². The Morgan fingerprint density at radius 2 is 1.86 bits per heavy atom. The third kappa shape index (κ3) is 2.27. The Labute approximate surface area is 86.4 Å². The fourth-order valence-electron chi connectivity index (χ4n) is 2.66. The van der Waals surface area contributed by atoms with Crippen LogP contribution in [0.1, 0.15) is 32.6 Å². The lowest BCUT2D eigenvalue weighted by atomic mass is 9.83. The third-order valence-corrected chi connectivity index (χ3v) is 3.77. The van der Waals surface area contributed by atoms with Crippen LogP contribution in [0.15, 0.2) is 0 Å². The molecule has 3 N–H and O–H groups in total. The van der Waals surface area contributed by atoms with Gasteiger partial charge in [-0.25, -0.2) is 0 Å². The van der Waals surface area contributed by atoms with E-state index < -0.39 is 0 Å². The van der Waals surface area contributed by atoms with Crippen LogP contribution in [0.2, 0.25) is 0 Å². The van der Waals surface area contributed by atoms with Gasteiger partial charge in [0.2, 0.25) is 0 Å². The molecule has 0 spiro atoms. The van der Waals surface area contributed by atoms with Crippen LogP contribution < -0.4 is 11.1 Å². The van der Waals surface area contributed by atoms with Crippen molar-refractivity contribution in [3.8, 4) is 0 Å². The molecule has 0 bridgehead atoms. The van der Waals surface area contributed by atoms with Gasteiger partial charge in [-0.1, -0.05) is 0 Å². The fourth-order valence-corrected chi connectivity index (χ4v) is 2.66. The second kappa shape index (κ2) is 4.60. The van der Waals surface area contributed by atoms with Crippen LogP contribution in [0.25, 0.3) is 0 Å². The predicted molar refractivity (Wildman–Crippen MR) is 57.1 cm³/mol. The summed E-state index contributed by atoms with van der Waals surface area (Å²) in [7, 11) is 0. The molecule has 2 heterocycles. The summed E-state index contributed by atoms with van der Waals surface area (Å²) in [6, 6.07) is 1.52. The Balaban J connectivity index is 1.85. The fraction of sp³-hybridized carbons (Fsp3) is 1.00. The number of hydrogen-bond acceptors (Lipinski definition) is 3. The SMILES string of the molecule is CC1NC(C2CCOCC2)CCC1N. The standard InChI is InChI=1S/C11H22N2O/c1-8-10(12)2-3-11(13-8)9-4-6-14-7-5-9/h8-11,13H,2-7,12H2,1H3. The molecule has 0 aromatic rings. The topological polar surface area (TPSA) is 47.3 Å². The van der Waals surface area contributed by atoms with Gasteiger partial charge in [0.05, 0.1) is 0 Å². The van der Waals surface area contributed by atoms with Crippen LogP contribution in [-0.4, -0.2) is 31.3 Å². The zero-order chi connectivity index (χ0) is 9.97. The molecule has 0 aromatic carbocycles. The van der Waals surface area contributed by atoms with E-state index in [0.717, 1.165) is 19.1 Å². The van der Waals surface area contributed by atoms with Gasteiger partial charge in [0.1, 0.15) is 0 Å². The molecule has 3 unspecified atom stereocenters. The first-order chi connectivity index (χ1) is 6.77. The van der Waals surface area contributed by atoms with Crippen LogP contribution in [0.4, 0.5) is 0 Å². The van der Waals surface area contributed by atoms with Gasteiger partial charge in [0.25, 0.3) is 0 Å². The summed E-state index contributed by atoms with van der Waals surface area (Å²) >= 11 is 0. The highest BCUT2D eigenvalue weighted by Gasteiger charge is 2.30. The van der Waals surface area contributed by atoms with Crippen LogP contribution in [0.3, 0.4) is 0 Å². The van der Waals surface area contributed by atoms with Gasteiger partial charge in [-0.3, -0.25) is 0 Å². The lowest BCUT2D eigenvalue weighted by Crippen LogP contribution is -2.55. The highest BCUT2D eigenvalue weighted by molar-refractivity contribution is 4.90.